The fourth-order valence-electron chi connectivity index (χ4n) is 2.46. The predicted molar refractivity (Wildman–Crippen MR) is 76.9 cm³/mol. The molecule has 1 fully saturated rings. The van der Waals surface area contributed by atoms with Gasteiger partial charge in [0.15, 0.2) is 0 Å². The molecule has 0 unspecified atom stereocenters. The molecule has 2 rings (SSSR count). The van der Waals surface area contributed by atoms with Crippen LogP contribution in [-0.4, -0.2) is 48.4 Å². The van der Waals surface area contributed by atoms with Crippen molar-refractivity contribution >= 4 is 11.6 Å². The van der Waals surface area contributed by atoms with Crippen LogP contribution in [0.4, 0.5) is 5.69 Å². The van der Waals surface area contributed by atoms with E-state index >= 15 is 0 Å². The SMILES string of the molecule is CCCN1CCN(C(=O)c2ccccc2NN)CC1. The summed E-state index contributed by atoms with van der Waals surface area (Å²) < 4.78 is 0. The van der Waals surface area contributed by atoms with Crippen LogP contribution in [-0.2, 0) is 0 Å². The van der Waals surface area contributed by atoms with Gasteiger partial charge < -0.3 is 10.3 Å². The van der Waals surface area contributed by atoms with Crippen LogP contribution in [0.1, 0.15) is 23.7 Å². The molecule has 0 atom stereocenters. The van der Waals surface area contributed by atoms with Crippen LogP contribution in [0.5, 0.6) is 0 Å². The van der Waals surface area contributed by atoms with Crippen molar-refractivity contribution in [3.63, 3.8) is 0 Å². The van der Waals surface area contributed by atoms with Crippen molar-refractivity contribution < 1.29 is 4.79 Å². The molecule has 0 aromatic heterocycles. The number of nitrogens with zero attached hydrogens (tertiary/aromatic N) is 2. The lowest BCUT2D eigenvalue weighted by Crippen LogP contribution is -2.48. The molecule has 1 saturated heterocycles. The maximum absolute atomic E-state index is 12.5. The van der Waals surface area contributed by atoms with Crippen molar-refractivity contribution in [1.82, 2.24) is 9.80 Å². The highest BCUT2D eigenvalue weighted by Gasteiger charge is 2.22. The topological polar surface area (TPSA) is 61.6 Å². The third-order valence-corrected chi connectivity index (χ3v) is 3.51. The van der Waals surface area contributed by atoms with E-state index in [4.69, 9.17) is 5.84 Å². The third kappa shape index (κ3) is 3.24. The number of para-hydroxylation sites is 1. The Kier molecular flexibility index (Phi) is 4.76. The van der Waals surface area contributed by atoms with Gasteiger partial charge in [-0.1, -0.05) is 19.1 Å². The quantitative estimate of drug-likeness (QED) is 0.631. The number of amides is 1. The van der Waals surface area contributed by atoms with Crippen LogP contribution in [0.15, 0.2) is 24.3 Å². The smallest absolute Gasteiger partial charge is 0.256 e. The molecular weight excluding hydrogens is 240 g/mol. The fraction of sp³-hybridized carbons (Fsp3) is 0.500. The van der Waals surface area contributed by atoms with Crippen LogP contribution in [0, 0.1) is 0 Å². The van der Waals surface area contributed by atoms with Crippen molar-refractivity contribution in [2.45, 2.75) is 13.3 Å². The highest BCUT2D eigenvalue weighted by Crippen LogP contribution is 2.17. The van der Waals surface area contributed by atoms with Gasteiger partial charge in [0.2, 0.25) is 0 Å². The summed E-state index contributed by atoms with van der Waals surface area (Å²) >= 11 is 0. The number of piperazine rings is 1. The Morgan fingerprint density at radius 3 is 2.58 bits per heavy atom. The number of benzene rings is 1. The molecular formula is C14H22N4O. The first-order chi connectivity index (χ1) is 9.26. The Hall–Kier alpha value is -1.59. The maximum atomic E-state index is 12.5. The summed E-state index contributed by atoms with van der Waals surface area (Å²) in [6.45, 7) is 6.79. The van der Waals surface area contributed by atoms with Gasteiger partial charge in [0.1, 0.15) is 0 Å². The van der Waals surface area contributed by atoms with E-state index in [1.807, 2.05) is 29.2 Å². The lowest BCUT2D eigenvalue weighted by molar-refractivity contribution is 0.0638. The largest absolute Gasteiger partial charge is 0.336 e. The zero-order chi connectivity index (χ0) is 13.7. The van der Waals surface area contributed by atoms with Gasteiger partial charge >= 0.3 is 0 Å². The first kappa shape index (κ1) is 13.8. The Labute approximate surface area is 114 Å². The van der Waals surface area contributed by atoms with E-state index in [-0.39, 0.29) is 5.91 Å². The van der Waals surface area contributed by atoms with E-state index in [2.05, 4.69) is 17.2 Å². The van der Waals surface area contributed by atoms with Gasteiger partial charge in [-0.25, -0.2) is 0 Å². The molecule has 0 aliphatic carbocycles. The van der Waals surface area contributed by atoms with Crippen LogP contribution in [0.3, 0.4) is 0 Å². The molecule has 5 heteroatoms. The number of anilines is 1. The van der Waals surface area contributed by atoms with Crippen molar-refractivity contribution in [2.75, 3.05) is 38.1 Å². The highest BCUT2D eigenvalue weighted by atomic mass is 16.2. The maximum Gasteiger partial charge on any atom is 0.256 e. The molecule has 1 heterocycles. The van der Waals surface area contributed by atoms with E-state index in [0.29, 0.717) is 11.3 Å². The Bertz CT molecular complexity index is 427. The number of nitrogen functional groups attached to an aromatic ring is 1. The molecule has 0 bridgehead atoms. The Morgan fingerprint density at radius 2 is 1.95 bits per heavy atom. The van der Waals surface area contributed by atoms with Gasteiger partial charge in [0.25, 0.3) is 5.91 Å². The average Bonchev–Trinajstić information content (AvgIpc) is 2.47. The van der Waals surface area contributed by atoms with Crippen LogP contribution in [0.25, 0.3) is 0 Å². The predicted octanol–water partition coefficient (Wildman–Crippen LogP) is 1.14. The lowest BCUT2D eigenvalue weighted by Gasteiger charge is -2.34. The van der Waals surface area contributed by atoms with Crippen LogP contribution >= 0.6 is 0 Å². The number of hydrazine groups is 1. The molecule has 1 aliphatic rings. The molecule has 3 N–H and O–H groups in total. The third-order valence-electron chi connectivity index (χ3n) is 3.51. The first-order valence-electron chi connectivity index (χ1n) is 6.83. The molecule has 19 heavy (non-hydrogen) atoms. The Morgan fingerprint density at radius 1 is 1.26 bits per heavy atom. The molecule has 0 spiro atoms. The van der Waals surface area contributed by atoms with Crippen LogP contribution in [0.2, 0.25) is 0 Å². The zero-order valence-electron chi connectivity index (χ0n) is 11.4. The van der Waals surface area contributed by atoms with E-state index < -0.39 is 0 Å². The molecule has 5 nitrogen and oxygen atoms in total. The molecule has 1 aliphatic heterocycles. The highest BCUT2D eigenvalue weighted by molar-refractivity contribution is 5.99. The summed E-state index contributed by atoms with van der Waals surface area (Å²) in [5.74, 6) is 5.51. The van der Waals surface area contributed by atoms with Crippen molar-refractivity contribution in [1.29, 1.82) is 0 Å². The number of carbonyl (C=O) groups excluding carboxylic acids is 1. The van der Waals surface area contributed by atoms with Gasteiger partial charge in [0, 0.05) is 26.2 Å². The Balaban J connectivity index is 2.01. The normalized spacial score (nSPS) is 16.4. The van der Waals surface area contributed by atoms with Gasteiger partial charge in [0.05, 0.1) is 11.3 Å². The fourth-order valence-corrected chi connectivity index (χ4v) is 2.46. The molecule has 0 radical (unpaired) electrons. The standard InChI is InChI=1S/C14H22N4O/c1-2-7-17-8-10-18(11-9-17)14(19)12-5-3-4-6-13(12)16-15/h3-6,16H,2,7-11,15H2,1H3. The van der Waals surface area contributed by atoms with E-state index in [0.717, 1.165) is 39.1 Å². The van der Waals surface area contributed by atoms with E-state index in [9.17, 15) is 4.79 Å². The van der Waals surface area contributed by atoms with Crippen molar-refractivity contribution in [3.8, 4) is 0 Å². The number of carbonyl (C=O) groups is 1. The summed E-state index contributed by atoms with van der Waals surface area (Å²) in [5, 5.41) is 0. The molecule has 0 saturated carbocycles. The van der Waals surface area contributed by atoms with Crippen molar-refractivity contribution in [2.24, 2.45) is 5.84 Å². The number of hydrogen-bond acceptors (Lipinski definition) is 4. The van der Waals surface area contributed by atoms with E-state index in [1.54, 1.807) is 0 Å². The summed E-state index contributed by atoms with van der Waals surface area (Å²) in [5.41, 5.74) is 3.92. The van der Waals surface area contributed by atoms with Gasteiger partial charge in [-0.3, -0.25) is 15.5 Å². The summed E-state index contributed by atoms with van der Waals surface area (Å²) in [6.07, 6.45) is 1.16. The van der Waals surface area contributed by atoms with Gasteiger partial charge in [-0.05, 0) is 25.1 Å². The van der Waals surface area contributed by atoms with Crippen LogP contribution < -0.4 is 11.3 Å². The number of nitrogens with two attached hydrogens (primary N) is 1. The van der Waals surface area contributed by atoms with Gasteiger partial charge in [-0.15, -0.1) is 0 Å². The summed E-state index contributed by atoms with van der Waals surface area (Å²) in [6, 6.07) is 7.36. The molecule has 1 amide bonds. The monoisotopic (exact) mass is 262 g/mol. The minimum Gasteiger partial charge on any atom is -0.336 e. The van der Waals surface area contributed by atoms with E-state index in [1.165, 1.54) is 0 Å². The first-order valence-corrected chi connectivity index (χ1v) is 6.83. The number of hydrogen-bond donors (Lipinski definition) is 2. The zero-order valence-corrected chi connectivity index (χ0v) is 11.4. The second-order valence-electron chi connectivity index (χ2n) is 4.82. The number of nitrogens with one attached hydrogen (secondary N) is 1. The minimum atomic E-state index is 0.0599. The molecule has 1 aromatic carbocycles. The summed E-state index contributed by atoms with van der Waals surface area (Å²) in [4.78, 5) is 16.8. The summed E-state index contributed by atoms with van der Waals surface area (Å²) in [7, 11) is 0. The average molecular weight is 262 g/mol. The lowest BCUT2D eigenvalue weighted by atomic mass is 10.1. The minimum absolute atomic E-state index is 0.0599. The second-order valence-corrected chi connectivity index (χ2v) is 4.82. The molecule has 104 valence electrons. The van der Waals surface area contributed by atoms with Gasteiger partial charge in [-0.2, -0.15) is 0 Å². The number of rotatable bonds is 4. The molecule has 1 aromatic rings. The van der Waals surface area contributed by atoms with Crippen molar-refractivity contribution in [3.05, 3.63) is 29.8 Å². The second kappa shape index (κ2) is 6.54.